The molecule has 0 aliphatic rings. The summed E-state index contributed by atoms with van der Waals surface area (Å²) in [6.07, 6.45) is 0. The van der Waals surface area contributed by atoms with Crippen LogP contribution in [0.15, 0.2) is 34.9 Å². The number of aromatic amines is 1. The average molecular weight is 212 g/mol. The molecule has 3 heteroatoms. The maximum atomic E-state index is 5.19. The van der Waals surface area contributed by atoms with Gasteiger partial charge in [-0.15, -0.1) is 0 Å². The summed E-state index contributed by atoms with van der Waals surface area (Å²) in [5.41, 5.74) is 6.18. The van der Waals surface area contributed by atoms with Crippen molar-refractivity contribution in [2.45, 2.75) is 13.8 Å². The van der Waals surface area contributed by atoms with E-state index in [4.69, 9.17) is 4.52 Å². The number of H-pyrrole nitrogens is 1. The molecule has 0 aliphatic heterocycles. The molecule has 0 atom stereocenters. The monoisotopic (exact) mass is 212 g/mol. The number of hydrogen-bond donors (Lipinski definition) is 1. The molecule has 0 unspecified atom stereocenters. The van der Waals surface area contributed by atoms with Gasteiger partial charge >= 0.3 is 0 Å². The molecule has 3 nitrogen and oxygen atoms in total. The second-order valence-electron chi connectivity index (χ2n) is 4.06. The van der Waals surface area contributed by atoms with Crippen LogP contribution in [0.25, 0.3) is 22.4 Å². The lowest BCUT2D eigenvalue weighted by Gasteiger charge is -1.97. The fraction of sp³-hybridized carbons (Fsp3) is 0.154. The highest BCUT2D eigenvalue weighted by atomic mass is 16.5. The molecular formula is C13H12N2O. The van der Waals surface area contributed by atoms with Crippen LogP contribution in [0.2, 0.25) is 0 Å². The van der Waals surface area contributed by atoms with Gasteiger partial charge in [0.25, 0.3) is 0 Å². The van der Waals surface area contributed by atoms with E-state index in [0.717, 1.165) is 28.1 Å². The first kappa shape index (κ1) is 9.21. The Balaban J connectivity index is 2.15. The van der Waals surface area contributed by atoms with Gasteiger partial charge in [0.05, 0.1) is 0 Å². The third-order valence-electron chi connectivity index (χ3n) is 2.79. The van der Waals surface area contributed by atoms with Crippen LogP contribution in [0, 0.1) is 13.8 Å². The SMILES string of the molecule is Cc1ccc(-c2cc3onc(C)c3[nH]2)cc1. The number of aryl methyl sites for hydroxylation is 2. The largest absolute Gasteiger partial charge is 0.354 e. The lowest BCUT2D eigenvalue weighted by atomic mass is 10.1. The molecule has 0 aliphatic carbocycles. The van der Waals surface area contributed by atoms with E-state index in [1.807, 2.05) is 13.0 Å². The highest BCUT2D eigenvalue weighted by Gasteiger charge is 2.09. The molecule has 2 heterocycles. The topological polar surface area (TPSA) is 41.8 Å². The van der Waals surface area contributed by atoms with Gasteiger partial charge in [-0.25, -0.2) is 0 Å². The van der Waals surface area contributed by atoms with Crippen molar-refractivity contribution in [3.05, 3.63) is 41.6 Å². The third kappa shape index (κ3) is 1.33. The lowest BCUT2D eigenvalue weighted by molar-refractivity contribution is 0.450. The first-order chi connectivity index (χ1) is 7.74. The summed E-state index contributed by atoms with van der Waals surface area (Å²) >= 11 is 0. The minimum atomic E-state index is 0.813. The lowest BCUT2D eigenvalue weighted by Crippen LogP contribution is -1.79. The predicted octanol–water partition coefficient (Wildman–Crippen LogP) is 3.44. The summed E-state index contributed by atoms with van der Waals surface area (Å²) in [6, 6.07) is 10.4. The molecule has 0 radical (unpaired) electrons. The van der Waals surface area contributed by atoms with Gasteiger partial charge in [-0.05, 0) is 19.4 Å². The Kier molecular flexibility index (Phi) is 1.86. The summed E-state index contributed by atoms with van der Waals surface area (Å²) in [5.74, 6) is 0. The van der Waals surface area contributed by atoms with Crippen LogP contribution in [0.5, 0.6) is 0 Å². The Labute approximate surface area is 93.1 Å². The predicted molar refractivity (Wildman–Crippen MR) is 63.3 cm³/mol. The molecule has 16 heavy (non-hydrogen) atoms. The zero-order chi connectivity index (χ0) is 11.1. The zero-order valence-electron chi connectivity index (χ0n) is 9.24. The number of fused-ring (bicyclic) bond motifs is 1. The third-order valence-corrected chi connectivity index (χ3v) is 2.79. The van der Waals surface area contributed by atoms with Crippen LogP contribution in [-0.2, 0) is 0 Å². The van der Waals surface area contributed by atoms with Gasteiger partial charge in [0.15, 0.2) is 5.58 Å². The molecule has 0 saturated heterocycles. The van der Waals surface area contributed by atoms with Gasteiger partial charge in [0.2, 0.25) is 0 Å². The molecule has 0 bridgehead atoms. The van der Waals surface area contributed by atoms with Gasteiger partial charge in [-0.3, -0.25) is 0 Å². The summed E-state index contributed by atoms with van der Waals surface area (Å²) in [5, 5.41) is 3.90. The van der Waals surface area contributed by atoms with Crippen molar-refractivity contribution in [1.29, 1.82) is 0 Å². The van der Waals surface area contributed by atoms with Crippen molar-refractivity contribution in [1.82, 2.24) is 10.1 Å². The molecular weight excluding hydrogens is 200 g/mol. The second-order valence-corrected chi connectivity index (χ2v) is 4.06. The van der Waals surface area contributed by atoms with Gasteiger partial charge in [-0.2, -0.15) is 0 Å². The van der Waals surface area contributed by atoms with Crippen LogP contribution in [0.4, 0.5) is 0 Å². The number of rotatable bonds is 1. The standard InChI is InChI=1S/C13H12N2O/c1-8-3-5-10(6-4-8)11-7-12-13(14-11)9(2)15-16-12/h3-7,14H,1-2H3. The van der Waals surface area contributed by atoms with E-state index < -0.39 is 0 Å². The second kappa shape index (κ2) is 3.23. The Morgan fingerprint density at radius 2 is 1.88 bits per heavy atom. The molecule has 0 amide bonds. The Bertz CT molecular complexity index is 632. The Morgan fingerprint density at radius 1 is 1.12 bits per heavy atom. The molecule has 3 aromatic rings. The quantitative estimate of drug-likeness (QED) is 0.671. The summed E-state index contributed by atoms with van der Waals surface area (Å²) < 4.78 is 5.19. The maximum Gasteiger partial charge on any atom is 0.185 e. The number of benzene rings is 1. The summed E-state index contributed by atoms with van der Waals surface area (Å²) in [6.45, 7) is 4.01. The van der Waals surface area contributed by atoms with E-state index in [0.29, 0.717) is 0 Å². The molecule has 0 fully saturated rings. The zero-order valence-corrected chi connectivity index (χ0v) is 9.24. The Morgan fingerprint density at radius 3 is 2.56 bits per heavy atom. The van der Waals surface area contributed by atoms with E-state index >= 15 is 0 Å². The van der Waals surface area contributed by atoms with E-state index in [-0.39, 0.29) is 0 Å². The highest BCUT2D eigenvalue weighted by molar-refractivity contribution is 5.82. The molecule has 2 aromatic heterocycles. The fourth-order valence-corrected chi connectivity index (χ4v) is 1.83. The van der Waals surface area contributed by atoms with Crippen LogP contribution in [0.1, 0.15) is 11.3 Å². The van der Waals surface area contributed by atoms with E-state index in [2.05, 4.69) is 41.3 Å². The van der Waals surface area contributed by atoms with Crippen LogP contribution in [-0.4, -0.2) is 10.1 Å². The summed E-state index contributed by atoms with van der Waals surface area (Å²) in [4.78, 5) is 3.32. The molecule has 1 aromatic carbocycles. The number of nitrogens with zero attached hydrogens (tertiary/aromatic N) is 1. The smallest absolute Gasteiger partial charge is 0.185 e. The van der Waals surface area contributed by atoms with Crippen molar-refractivity contribution in [2.75, 3.05) is 0 Å². The number of aromatic nitrogens is 2. The van der Waals surface area contributed by atoms with Crippen molar-refractivity contribution < 1.29 is 4.52 Å². The van der Waals surface area contributed by atoms with Crippen molar-refractivity contribution in [2.24, 2.45) is 0 Å². The van der Waals surface area contributed by atoms with Gasteiger partial charge < -0.3 is 9.51 Å². The molecule has 1 N–H and O–H groups in total. The van der Waals surface area contributed by atoms with Crippen molar-refractivity contribution in [3.63, 3.8) is 0 Å². The molecule has 3 rings (SSSR count). The minimum Gasteiger partial charge on any atom is -0.354 e. The van der Waals surface area contributed by atoms with Crippen LogP contribution < -0.4 is 0 Å². The minimum absolute atomic E-state index is 0.813. The van der Waals surface area contributed by atoms with Crippen molar-refractivity contribution >= 4 is 11.1 Å². The Hall–Kier alpha value is -2.03. The van der Waals surface area contributed by atoms with Crippen molar-refractivity contribution in [3.8, 4) is 11.3 Å². The van der Waals surface area contributed by atoms with Gasteiger partial charge in [0.1, 0.15) is 11.2 Å². The fourth-order valence-electron chi connectivity index (χ4n) is 1.83. The summed E-state index contributed by atoms with van der Waals surface area (Å²) in [7, 11) is 0. The highest BCUT2D eigenvalue weighted by Crippen LogP contribution is 2.25. The molecule has 0 saturated carbocycles. The van der Waals surface area contributed by atoms with E-state index in [9.17, 15) is 0 Å². The maximum absolute atomic E-state index is 5.19. The van der Waals surface area contributed by atoms with E-state index in [1.54, 1.807) is 0 Å². The first-order valence-electron chi connectivity index (χ1n) is 5.26. The van der Waals surface area contributed by atoms with Gasteiger partial charge in [-0.1, -0.05) is 35.0 Å². The first-order valence-corrected chi connectivity index (χ1v) is 5.26. The van der Waals surface area contributed by atoms with Gasteiger partial charge in [0, 0.05) is 11.8 Å². The van der Waals surface area contributed by atoms with Crippen LogP contribution in [0.3, 0.4) is 0 Å². The number of nitrogens with one attached hydrogen (secondary N) is 1. The normalized spacial score (nSPS) is 11.1. The van der Waals surface area contributed by atoms with E-state index in [1.165, 1.54) is 5.56 Å². The van der Waals surface area contributed by atoms with Crippen LogP contribution >= 0.6 is 0 Å². The number of hydrogen-bond acceptors (Lipinski definition) is 2. The molecule has 0 spiro atoms. The average Bonchev–Trinajstić information content (AvgIpc) is 2.83. The molecule has 80 valence electrons.